The molecule has 0 amide bonds. The summed E-state index contributed by atoms with van der Waals surface area (Å²) >= 11 is 0. The van der Waals surface area contributed by atoms with Gasteiger partial charge >= 0.3 is 5.97 Å². The summed E-state index contributed by atoms with van der Waals surface area (Å²) in [5.41, 5.74) is -0.847. The summed E-state index contributed by atoms with van der Waals surface area (Å²) < 4.78 is 5.49. The zero-order valence-corrected chi connectivity index (χ0v) is 12.2. The van der Waals surface area contributed by atoms with Crippen molar-refractivity contribution in [2.24, 2.45) is 5.92 Å². The molecule has 2 fully saturated rings. The van der Waals surface area contributed by atoms with Crippen LogP contribution < -0.4 is 5.32 Å². The molecule has 1 saturated carbocycles. The lowest BCUT2D eigenvalue weighted by atomic mass is 9.93. The van der Waals surface area contributed by atoms with E-state index in [0.29, 0.717) is 18.5 Å². The maximum absolute atomic E-state index is 11.6. The number of nitrogens with zero attached hydrogens (tertiary/aromatic N) is 1. The smallest absolute Gasteiger partial charge is 0.324 e. The van der Waals surface area contributed by atoms with E-state index in [0.717, 1.165) is 32.4 Å². The maximum atomic E-state index is 11.6. The third-order valence-corrected chi connectivity index (χ3v) is 4.39. The van der Waals surface area contributed by atoms with Gasteiger partial charge in [-0.1, -0.05) is 6.92 Å². The van der Waals surface area contributed by atoms with E-state index in [2.05, 4.69) is 17.1 Å². The zero-order chi connectivity index (χ0) is 14.0. The Morgan fingerprint density at radius 3 is 2.68 bits per heavy atom. The highest BCUT2D eigenvalue weighted by molar-refractivity contribution is 5.78. The summed E-state index contributed by atoms with van der Waals surface area (Å²) in [7, 11) is 1.74. The second kappa shape index (κ2) is 5.77. The second-order valence-corrected chi connectivity index (χ2v) is 6.33. The van der Waals surface area contributed by atoms with Gasteiger partial charge in [-0.2, -0.15) is 0 Å². The van der Waals surface area contributed by atoms with Crippen LogP contribution in [0.4, 0.5) is 0 Å². The molecule has 0 bridgehead atoms. The standard InChI is InChI=1S/C14H26N2O3/c1-10-6-7-16(8-12(10)19-3)9-14(2,13(17)18)15-11-4-5-11/h10-12,15H,4-9H2,1-3H3,(H,17,18). The van der Waals surface area contributed by atoms with Crippen molar-refractivity contribution in [3.8, 4) is 0 Å². The van der Waals surface area contributed by atoms with Crippen molar-refractivity contribution in [3.63, 3.8) is 0 Å². The number of nitrogens with one attached hydrogen (secondary N) is 1. The fraction of sp³-hybridized carbons (Fsp3) is 0.929. The predicted molar refractivity (Wildman–Crippen MR) is 73.2 cm³/mol. The Hall–Kier alpha value is -0.650. The average molecular weight is 270 g/mol. The molecular weight excluding hydrogens is 244 g/mol. The van der Waals surface area contributed by atoms with Crippen molar-refractivity contribution in [3.05, 3.63) is 0 Å². The van der Waals surface area contributed by atoms with Crippen LogP contribution in [0.2, 0.25) is 0 Å². The van der Waals surface area contributed by atoms with Gasteiger partial charge < -0.3 is 9.84 Å². The molecule has 1 saturated heterocycles. The summed E-state index contributed by atoms with van der Waals surface area (Å²) in [4.78, 5) is 13.8. The molecule has 1 aliphatic heterocycles. The van der Waals surface area contributed by atoms with Crippen molar-refractivity contribution in [2.45, 2.75) is 50.8 Å². The van der Waals surface area contributed by atoms with Gasteiger partial charge in [-0.15, -0.1) is 0 Å². The first-order valence-corrected chi connectivity index (χ1v) is 7.21. The Morgan fingerprint density at radius 2 is 2.16 bits per heavy atom. The first kappa shape index (κ1) is 14.8. The van der Waals surface area contributed by atoms with Crippen molar-refractivity contribution >= 4 is 5.97 Å². The van der Waals surface area contributed by atoms with Crippen LogP contribution in [0.1, 0.15) is 33.1 Å². The molecule has 1 aliphatic carbocycles. The molecule has 2 aliphatic rings. The molecule has 0 aromatic heterocycles. The number of piperidine rings is 1. The molecule has 3 atom stereocenters. The molecule has 2 rings (SSSR count). The molecule has 0 aromatic rings. The van der Waals surface area contributed by atoms with E-state index in [9.17, 15) is 9.90 Å². The number of methoxy groups -OCH3 is 1. The van der Waals surface area contributed by atoms with Crippen LogP contribution in [0.3, 0.4) is 0 Å². The molecule has 1 heterocycles. The minimum Gasteiger partial charge on any atom is -0.480 e. The number of hydrogen-bond donors (Lipinski definition) is 2. The number of carboxylic acid groups (broad SMARTS) is 1. The van der Waals surface area contributed by atoms with Crippen molar-refractivity contribution in [1.82, 2.24) is 10.2 Å². The Labute approximate surface area is 115 Å². The quantitative estimate of drug-likeness (QED) is 0.752. The molecule has 5 heteroatoms. The number of likely N-dealkylation sites (tertiary alicyclic amines) is 1. The molecular formula is C14H26N2O3. The molecule has 19 heavy (non-hydrogen) atoms. The first-order valence-electron chi connectivity index (χ1n) is 7.21. The van der Waals surface area contributed by atoms with Gasteiger partial charge in [0.05, 0.1) is 6.10 Å². The third-order valence-electron chi connectivity index (χ3n) is 4.39. The highest BCUT2D eigenvalue weighted by atomic mass is 16.5. The molecule has 0 radical (unpaired) electrons. The Kier molecular flexibility index (Phi) is 4.48. The van der Waals surface area contributed by atoms with Gasteiger partial charge in [0.2, 0.25) is 0 Å². The lowest BCUT2D eigenvalue weighted by molar-refractivity contribution is -0.145. The van der Waals surface area contributed by atoms with Gasteiger partial charge in [0, 0.05) is 26.2 Å². The van der Waals surface area contributed by atoms with Gasteiger partial charge in [-0.25, -0.2) is 0 Å². The summed E-state index contributed by atoms with van der Waals surface area (Å²) in [6.07, 6.45) is 3.48. The second-order valence-electron chi connectivity index (χ2n) is 6.33. The van der Waals surface area contributed by atoms with Crippen LogP contribution in [-0.2, 0) is 9.53 Å². The van der Waals surface area contributed by atoms with E-state index in [1.807, 2.05) is 0 Å². The number of ether oxygens (including phenoxy) is 1. The number of carbonyl (C=O) groups is 1. The Morgan fingerprint density at radius 1 is 1.47 bits per heavy atom. The van der Waals surface area contributed by atoms with Gasteiger partial charge in [-0.3, -0.25) is 15.0 Å². The number of carboxylic acids is 1. The maximum Gasteiger partial charge on any atom is 0.324 e. The first-order chi connectivity index (χ1) is 8.94. The van der Waals surface area contributed by atoms with E-state index in [1.165, 1.54) is 0 Å². The predicted octanol–water partition coefficient (Wildman–Crippen LogP) is 0.939. The summed E-state index contributed by atoms with van der Waals surface area (Å²) in [6.45, 7) is 6.33. The third kappa shape index (κ3) is 3.68. The lowest BCUT2D eigenvalue weighted by Gasteiger charge is -2.40. The topological polar surface area (TPSA) is 61.8 Å². The van der Waals surface area contributed by atoms with Gasteiger partial charge in [0.25, 0.3) is 0 Å². The van der Waals surface area contributed by atoms with Gasteiger partial charge in [0.15, 0.2) is 0 Å². The Bertz CT molecular complexity index is 333. The van der Waals surface area contributed by atoms with Crippen molar-refractivity contribution < 1.29 is 14.6 Å². The SMILES string of the molecule is COC1CN(CC(C)(NC2CC2)C(=O)O)CCC1C. The number of hydrogen-bond acceptors (Lipinski definition) is 4. The molecule has 110 valence electrons. The molecule has 2 N–H and O–H groups in total. The average Bonchev–Trinajstić information content (AvgIpc) is 3.15. The van der Waals surface area contributed by atoms with Crippen LogP contribution in [0.15, 0.2) is 0 Å². The number of rotatable bonds is 6. The minimum absolute atomic E-state index is 0.215. The molecule has 5 nitrogen and oxygen atoms in total. The van der Waals surface area contributed by atoms with Gasteiger partial charge in [-0.05, 0) is 38.6 Å². The van der Waals surface area contributed by atoms with Crippen molar-refractivity contribution in [1.29, 1.82) is 0 Å². The van der Waals surface area contributed by atoms with E-state index in [4.69, 9.17) is 4.74 Å². The summed E-state index contributed by atoms with van der Waals surface area (Å²) in [5.74, 6) is -0.208. The minimum atomic E-state index is -0.847. The van der Waals surface area contributed by atoms with E-state index >= 15 is 0 Å². The molecule has 0 spiro atoms. The van der Waals surface area contributed by atoms with Gasteiger partial charge in [0.1, 0.15) is 5.54 Å². The van der Waals surface area contributed by atoms with E-state index in [-0.39, 0.29) is 6.10 Å². The monoisotopic (exact) mass is 270 g/mol. The highest BCUT2D eigenvalue weighted by Crippen LogP contribution is 2.25. The van der Waals surface area contributed by atoms with Crippen LogP contribution in [-0.4, -0.2) is 60.4 Å². The number of aliphatic carboxylic acids is 1. The largest absolute Gasteiger partial charge is 0.480 e. The van der Waals surface area contributed by atoms with Crippen molar-refractivity contribution in [2.75, 3.05) is 26.7 Å². The summed E-state index contributed by atoms with van der Waals surface area (Å²) in [5, 5.41) is 12.8. The highest BCUT2D eigenvalue weighted by Gasteiger charge is 2.41. The van der Waals surface area contributed by atoms with E-state index in [1.54, 1.807) is 14.0 Å². The zero-order valence-electron chi connectivity index (χ0n) is 12.2. The van der Waals surface area contributed by atoms with Crippen LogP contribution in [0.25, 0.3) is 0 Å². The normalized spacial score (nSPS) is 31.9. The van der Waals surface area contributed by atoms with E-state index < -0.39 is 11.5 Å². The fourth-order valence-electron chi connectivity index (χ4n) is 2.85. The lowest BCUT2D eigenvalue weighted by Crippen LogP contribution is -2.59. The van der Waals surface area contributed by atoms with Crippen LogP contribution in [0.5, 0.6) is 0 Å². The van der Waals surface area contributed by atoms with Crippen LogP contribution in [0, 0.1) is 5.92 Å². The summed E-state index contributed by atoms with van der Waals surface area (Å²) in [6, 6.07) is 0.392. The fourth-order valence-corrected chi connectivity index (χ4v) is 2.85. The molecule has 3 unspecified atom stereocenters. The van der Waals surface area contributed by atoms with Crippen LogP contribution >= 0.6 is 0 Å². The molecule has 0 aromatic carbocycles. The Balaban J connectivity index is 1.95.